The van der Waals surface area contributed by atoms with Gasteiger partial charge in [0.05, 0.1) is 0 Å². The number of ether oxygens (including phenoxy) is 1. The van der Waals surface area contributed by atoms with E-state index in [1.54, 1.807) is 0 Å². The Kier molecular flexibility index (Phi) is 3.78. The molecular formula is C13H20N2O. The molecule has 0 radical (unpaired) electrons. The molecule has 1 fully saturated rings. The first kappa shape index (κ1) is 11.4. The molecule has 0 aliphatic heterocycles. The van der Waals surface area contributed by atoms with Crippen LogP contribution in [-0.4, -0.2) is 11.1 Å². The van der Waals surface area contributed by atoms with Crippen LogP contribution in [0.3, 0.4) is 0 Å². The third-order valence-electron chi connectivity index (χ3n) is 3.00. The van der Waals surface area contributed by atoms with E-state index in [9.17, 15) is 0 Å². The van der Waals surface area contributed by atoms with Crippen LogP contribution in [0.15, 0.2) is 12.1 Å². The van der Waals surface area contributed by atoms with Gasteiger partial charge in [-0.15, -0.1) is 0 Å². The molecule has 2 rings (SSSR count). The van der Waals surface area contributed by atoms with E-state index in [1.807, 2.05) is 6.07 Å². The Hall–Kier alpha value is -1.09. The summed E-state index contributed by atoms with van der Waals surface area (Å²) >= 11 is 0. The summed E-state index contributed by atoms with van der Waals surface area (Å²) in [7, 11) is 0. The number of hydrogen-bond donors (Lipinski definition) is 1. The molecule has 0 amide bonds. The molecule has 3 heteroatoms. The number of nitrogens with two attached hydrogens (primary N) is 1. The summed E-state index contributed by atoms with van der Waals surface area (Å²) in [4.78, 5) is 4.52. The van der Waals surface area contributed by atoms with Crippen molar-refractivity contribution >= 4 is 0 Å². The van der Waals surface area contributed by atoms with Gasteiger partial charge in [-0.2, -0.15) is 0 Å². The SMILES string of the molecule is CCCc1cc(CN)cc(OC2CCC2)n1. The van der Waals surface area contributed by atoms with Crippen LogP contribution >= 0.6 is 0 Å². The molecule has 1 aromatic heterocycles. The quantitative estimate of drug-likeness (QED) is 0.829. The monoisotopic (exact) mass is 220 g/mol. The Bertz CT molecular complexity index is 348. The Labute approximate surface area is 97.0 Å². The maximum absolute atomic E-state index is 5.81. The Morgan fingerprint density at radius 2 is 2.25 bits per heavy atom. The minimum Gasteiger partial charge on any atom is -0.474 e. The average Bonchev–Trinajstić information content (AvgIpc) is 2.24. The highest BCUT2D eigenvalue weighted by Gasteiger charge is 2.19. The van der Waals surface area contributed by atoms with Gasteiger partial charge in [0.1, 0.15) is 6.10 Å². The van der Waals surface area contributed by atoms with E-state index < -0.39 is 0 Å². The summed E-state index contributed by atoms with van der Waals surface area (Å²) in [5.74, 6) is 0.760. The molecule has 0 aromatic carbocycles. The first-order valence-corrected chi connectivity index (χ1v) is 6.18. The number of aryl methyl sites for hydroxylation is 1. The molecule has 0 atom stereocenters. The molecule has 0 unspecified atom stereocenters. The van der Waals surface area contributed by atoms with Crippen LogP contribution in [0.1, 0.15) is 43.9 Å². The van der Waals surface area contributed by atoms with Gasteiger partial charge in [0.15, 0.2) is 0 Å². The van der Waals surface area contributed by atoms with Crippen LogP contribution in [0.5, 0.6) is 5.88 Å². The summed E-state index contributed by atoms with van der Waals surface area (Å²) in [5.41, 5.74) is 7.89. The summed E-state index contributed by atoms with van der Waals surface area (Å²) in [6, 6.07) is 4.05. The topological polar surface area (TPSA) is 48.1 Å². The smallest absolute Gasteiger partial charge is 0.214 e. The van der Waals surface area contributed by atoms with Crippen molar-refractivity contribution in [2.24, 2.45) is 5.73 Å². The largest absolute Gasteiger partial charge is 0.474 e. The fraction of sp³-hybridized carbons (Fsp3) is 0.615. The lowest BCUT2D eigenvalue weighted by Crippen LogP contribution is -2.25. The molecule has 16 heavy (non-hydrogen) atoms. The van der Waals surface area contributed by atoms with Crippen LogP contribution in [0, 0.1) is 0 Å². The van der Waals surface area contributed by atoms with Gasteiger partial charge in [-0.3, -0.25) is 0 Å². The summed E-state index contributed by atoms with van der Waals surface area (Å²) in [6.45, 7) is 2.71. The van der Waals surface area contributed by atoms with Gasteiger partial charge in [-0.05, 0) is 37.3 Å². The first-order valence-electron chi connectivity index (χ1n) is 6.18. The van der Waals surface area contributed by atoms with E-state index in [-0.39, 0.29) is 0 Å². The average molecular weight is 220 g/mol. The van der Waals surface area contributed by atoms with E-state index in [2.05, 4.69) is 18.0 Å². The highest BCUT2D eigenvalue weighted by atomic mass is 16.5. The van der Waals surface area contributed by atoms with Crippen molar-refractivity contribution in [2.45, 2.75) is 51.7 Å². The van der Waals surface area contributed by atoms with Gasteiger partial charge in [-0.1, -0.05) is 13.3 Å². The zero-order valence-corrected chi connectivity index (χ0v) is 9.91. The second kappa shape index (κ2) is 5.30. The maximum Gasteiger partial charge on any atom is 0.214 e. The Balaban J connectivity index is 2.11. The first-order chi connectivity index (χ1) is 7.81. The number of pyridine rings is 1. The molecule has 1 aromatic rings. The summed E-state index contributed by atoms with van der Waals surface area (Å²) in [6.07, 6.45) is 6.09. The molecule has 1 aliphatic carbocycles. The molecular weight excluding hydrogens is 200 g/mol. The van der Waals surface area contributed by atoms with Crippen molar-refractivity contribution in [2.75, 3.05) is 0 Å². The predicted molar refractivity (Wildman–Crippen MR) is 64.4 cm³/mol. The standard InChI is InChI=1S/C13H20N2O/c1-2-4-11-7-10(9-14)8-13(15-11)16-12-5-3-6-12/h7-8,12H,2-6,9,14H2,1H3. The Morgan fingerprint density at radius 1 is 1.44 bits per heavy atom. The van der Waals surface area contributed by atoms with E-state index in [1.165, 1.54) is 6.42 Å². The van der Waals surface area contributed by atoms with Crippen molar-refractivity contribution in [3.63, 3.8) is 0 Å². The number of nitrogens with zero attached hydrogens (tertiary/aromatic N) is 1. The lowest BCUT2D eigenvalue weighted by Gasteiger charge is -2.26. The molecule has 1 aliphatic rings. The molecule has 0 saturated heterocycles. The zero-order chi connectivity index (χ0) is 11.4. The minimum absolute atomic E-state index is 0.384. The summed E-state index contributed by atoms with van der Waals surface area (Å²) in [5, 5.41) is 0. The molecule has 88 valence electrons. The lowest BCUT2D eigenvalue weighted by molar-refractivity contribution is 0.114. The van der Waals surface area contributed by atoms with Gasteiger partial charge in [0, 0.05) is 18.3 Å². The minimum atomic E-state index is 0.384. The van der Waals surface area contributed by atoms with Crippen LogP contribution in [0.4, 0.5) is 0 Å². The predicted octanol–water partition coefficient (Wildman–Crippen LogP) is 2.42. The molecule has 1 heterocycles. The zero-order valence-electron chi connectivity index (χ0n) is 9.91. The number of aromatic nitrogens is 1. The van der Waals surface area contributed by atoms with Gasteiger partial charge in [0.25, 0.3) is 0 Å². The van der Waals surface area contributed by atoms with Gasteiger partial charge in [0.2, 0.25) is 5.88 Å². The molecule has 1 saturated carbocycles. The molecule has 0 bridgehead atoms. The van der Waals surface area contributed by atoms with Gasteiger partial charge in [-0.25, -0.2) is 4.98 Å². The second-order valence-corrected chi connectivity index (χ2v) is 4.43. The van der Waals surface area contributed by atoms with Crippen molar-refractivity contribution in [1.29, 1.82) is 0 Å². The Morgan fingerprint density at radius 3 is 2.81 bits per heavy atom. The van der Waals surface area contributed by atoms with Crippen molar-refractivity contribution in [3.05, 3.63) is 23.4 Å². The lowest BCUT2D eigenvalue weighted by atomic mass is 9.96. The van der Waals surface area contributed by atoms with Crippen molar-refractivity contribution in [1.82, 2.24) is 4.98 Å². The third kappa shape index (κ3) is 2.73. The van der Waals surface area contributed by atoms with E-state index in [4.69, 9.17) is 10.5 Å². The van der Waals surface area contributed by atoms with Crippen LogP contribution in [0.25, 0.3) is 0 Å². The number of hydrogen-bond acceptors (Lipinski definition) is 3. The van der Waals surface area contributed by atoms with Gasteiger partial charge >= 0.3 is 0 Å². The van der Waals surface area contributed by atoms with Gasteiger partial charge < -0.3 is 10.5 Å². The number of rotatable bonds is 5. The van der Waals surface area contributed by atoms with Crippen molar-refractivity contribution < 1.29 is 4.74 Å². The molecule has 2 N–H and O–H groups in total. The third-order valence-corrected chi connectivity index (χ3v) is 3.00. The fourth-order valence-electron chi connectivity index (χ4n) is 1.84. The van der Waals surface area contributed by atoms with Crippen LogP contribution < -0.4 is 10.5 Å². The summed E-state index contributed by atoms with van der Waals surface area (Å²) < 4.78 is 5.81. The van der Waals surface area contributed by atoms with E-state index >= 15 is 0 Å². The normalized spacial score (nSPS) is 15.9. The highest BCUT2D eigenvalue weighted by Crippen LogP contribution is 2.25. The van der Waals surface area contributed by atoms with Crippen molar-refractivity contribution in [3.8, 4) is 5.88 Å². The molecule has 3 nitrogen and oxygen atoms in total. The highest BCUT2D eigenvalue weighted by molar-refractivity contribution is 5.25. The van der Waals surface area contributed by atoms with Crippen LogP contribution in [-0.2, 0) is 13.0 Å². The maximum atomic E-state index is 5.81. The van der Waals surface area contributed by atoms with E-state index in [0.717, 1.165) is 42.8 Å². The molecule has 0 spiro atoms. The fourth-order valence-corrected chi connectivity index (χ4v) is 1.84. The second-order valence-electron chi connectivity index (χ2n) is 4.43. The van der Waals surface area contributed by atoms with Crippen LogP contribution in [0.2, 0.25) is 0 Å². The van der Waals surface area contributed by atoms with E-state index in [0.29, 0.717) is 12.6 Å².